The maximum Gasteiger partial charge on any atom is 0.257 e. The molecule has 8 nitrogen and oxygen atoms in total. The number of carbonyl (C=O) groups is 2. The Morgan fingerprint density at radius 2 is 1.71 bits per heavy atom. The Hall–Kier alpha value is -3.94. The molecule has 1 aromatic heterocycles. The Balaban J connectivity index is 1.58. The number of nitrogens with zero attached hydrogens (tertiary/aromatic N) is 2. The van der Waals surface area contributed by atoms with Gasteiger partial charge >= 0.3 is 0 Å². The van der Waals surface area contributed by atoms with Crippen LogP contribution in [0.2, 0.25) is 0 Å². The van der Waals surface area contributed by atoms with Crippen molar-refractivity contribution >= 4 is 11.8 Å². The lowest BCUT2D eigenvalue weighted by molar-refractivity contribution is -0.123. The lowest BCUT2D eigenvalue weighted by atomic mass is 10.2. The van der Waals surface area contributed by atoms with Crippen LogP contribution in [0.1, 0.15) is 22.8 Å². The van der Waals surface area contributed by atoms with E-state index in [1.807, 2.05) is 37.3 Å². The van der Waals surface area contributed by atoms with Gasteiger partial charge in [0, 0.05) is 31.0 Å². The predicted molar refractivity (Wildman–Crippen MR) is 116 cm³/mol. The van der Waals surface area contributed by atoms with Gasteiger partial charge < -0.3 is 20.1 Å². The molecule has 160 valence electrons. The van der Waals surface area contributed by atoms with Crippen LogP contribution in [0.25, 0.3) is 11.4 Å². The molecule has 8 heteroatoms. The molecule has 0 radical (unpaired) electrons. The SMILES string of the molecule is CCNC(=O)COc1ccc(CNC(=O)c2cnc(-c3ccccc3)nc2)cc1OC. The van der Waals surface area contributed by atoms with E-state index in [1.54, 1.807) is 18.2 Å². The number of likely N-dealkylation sites (N-methyl/N-ethyl adjacent to an activating group) is 1. The number of hydrogen-bond acceptors (Lipinski definition) is 6. The Morgan fingerprint density at radius 3 is 2.39 bits per heavy atom. The molecular weight excluding hydrogens is 396 g/mol. The fourth-order valence-corrected chi connectivity index (χ4v) is 2.80. The second-order valence-corrected chi connectivity index (χ2v) is 6.57. The standard InChI is InChI=1S/C23H24N4O4/c1-3-24-21(28)15-31-19-10-9-16(11-20(19)30-2)12-27-23(29)18-13-25-22(26-14-18)17-7-5-4-6-8-17/h4-11,13-14H,3,12,15H2,1-2H3,(H,24,28)(H,27,29). The molecule has 0 saturated heterocycles. The van der Waals surface area contributed by atoms with Gasteiger partial charge in [-0.15, -0.1) is 0 Å². The van der Waals surface area contributed by atoms with Crippen molar-refractivity contribution in [3.8, 4) is 22.9 Å². The zero-order valence-corrected chi connectivity index (χ0v) is 17.4. The van der Waals surface area contributed by atoms with Gasteiger partial charge in [0.25, 0.3) is 11.8 Å². The van der Waals surface area contributed by atoms with Crippen molar-refractivity contribution in [2.75, 3.05) is 20.3 Å². The second-order valence-electron chi connectivity index (χ2n) is 6.57. The van der Waals surface area contributed by atoms with Gasteiger partial charge in [-0.25, -0.2) is 9.97 Å². The fourth-order valence-electron chi connectivity index (χ4n) is 2.80. The van der Waals surface area contributed by atoms with Crippen molar-refractivity contribution in [1.29, 1.82) is 0 Å². The molecule has 3 rings (SSSR count). The highest BCUT2D eigenvalue weighted by Gasteiger charge is 2.11. The van der Waals surface area contributed by atoms with Crippen LogP contribution in [-0.4, -0.2) is 42.0 Å². The molecule has 0 aliphatic rings. The van der Waals surface area contributed by atoms with Crippen LogP contribution >= 0.6 is 0 Å². The van der Waals surface area contributed by atoms with Crippen LogP contribution in [0.15, 0.2) is 60.9 Å². The zero-order chi connectivity index (χ0) is 22.1. The quantitative estimate of drug-likeness (QED) is 0.552. The molecule has 0 spiro atoms. The minimum absolute atomic E-state index is 0.0980. The summed E-state index contributed by atoms with van der Waals surface area (Å²) in [7, 11) is 1.52. The van der Waals surface area contributed by atoms with Crippen LogP contribution in [0.3, 0.4) is 0 Å². The summed E-state index contributed by atoms with van der Waals surface area (Å²) in [4.78, 5) is 32.5. The van der Waals surface area contributed by atoms with Crippen LogP contribution < -0.4 is 20.1 Å². The number of benzene rings is 2. The third-order valence-electron chi connectivity index (χ3n) is 4.36. The van der Waals surface area contributed by atoms with Gasteiger partial charge in [-0.3, -0.25) is 9.59 Å². The third kappa shape index (κ3) is 6.02. The number of aromatic nitrogens is 2. The Kier molecular flexibility index (Phi) is 7.53. The highest BCUT2D eigenvalue weighted by atomic mass is 16.5. The highest BCUT2D eigenvalue weighted by Crippen LogP contribution is 2.28. The summed E-state index contributed by atoms with van der Waals surface area (Å²) < 4.78 is 10.8. The van der Waals surface area contributed by atoms with Crippen LogP contribution in [0.4, 0.5) is 0 Å². The smallest absolute Gasteiger partial charge is 0.257 e. The molecule has 2 amide bonds. The van der Waals surface area contributed by atoms with E-state index >= 15 is 0 Å². The zero-order valence-electron chi connectivity index (χ0n) is 17.4. The molecule has 0 unspecified atom stereocenters. The minimum Gasteiger partial charge on any atom is -0.493 e. The van der Waals surface area contributed by atoms with E-state index in [-0.39, 0.29) is 25.0 Å². The van der Waals surface area contributed by atoms with E-state index in [1.165, 1.54) is 19.5 Å². The first-order valence-corrected chi connectivity index (χ1v) is 9.82. The summed E-state index contributed by atoms with van der Waals surface area (Å²) >= 11 is 0. The normalized spacial score (nSPS) is 10.3. The largest absolute Gasteiger partial charge is 0.493 e. The van der Waals surface area contributed by atoms with E-state index in [9.17, 15) is 9.59 Å². The van der Waals surface area contributed by atoms with E-state index in [4.69, 9.17) is 9.47 Å². The summed E-state index contributed by atoms with van der Waals surface area (Å²) in [6.45, 7) is 2.56. The molecule has 0 bridgehead atoms. The first-order chi connectivity index (χ1) is 15.1. The van der Waals surface area contributed by atoms with Crippen molar-refractivity contribution in [2.45, 2.75) is 13.5 Å². The van der Waals surface area contributed by atoms with E-state index in [0.29, 0.717) is 29.4 Å². The highest BCUT2D eigenvalue weighted by molar-refractivity contribution is 5.93. The summed E-state index contributed by atoms with van der Waals surface area (Å²) in [6, 6.07) is 14.8. The molecule has 0 aliphatic carbocycles. The number of methoxy groups -OCH3 is 1. The number of amides is 2. The molecule has 31 heavy (non-hydrogen) atoms. The predicted octanol–water partition coefficient (Wildman–Crippen LogP) is 2.60. The van der Waals surface area contributed by atoms with Gasteiger partial charge in [0.15, 0.2) is 23.9 Å². The van der Waals surface area contributed by atoms with Crippen LogP contribution in [0, 0.1) is 0 Å². The monoisotopic (exact) mass is 420 g/mol. The van der Waals surface area contributed by atoms with Gasteiger partial charge in [-0.1, -0.05) is 36.4 Å². The van der Waals surface area contributed by atoms with Gasteiger partial charge in [0.1, 0.15) is 0 Å². The average Bonchev–Trinajstić information content (AvgIpc) is 2.82. The number of rotatable bonds is 9. The number of hydrogen-bond donors (Lipinski definition) is 2. The van der Waals surface area contributed by atoms with Gasteiger partial charge in [0.2, 0.25) is 0 Å². The topological polar surface area (TPSA) is 102 Å². The molecule has 2 N–H and O–H groups in total. The van der Waals surface area contributed by atoms with Crippen LogP contribution in [0.5, 0.6) is 11.5 Å². The van der Waals surface area contributed by atoms with Crippen molar-refractivity contribution < 1.29 is 19.1 Å². The maximum atomic E-state index is 12.4. The van der Waals surface area contributed by atoms with Gasteiger partial charge in [0.05, 0.1) is 12.7 Å². The van der Waals surface area contributed by atoms with E-state index in [0.717, 1.165) is 11.1 Å². The molecule has 0 aliphatic heterocycles. The Labute approximate surface area is 180 Å². The second kappa shape index (κ2) is 10.7. The van der Waals surface area contributed by atoms with Gasteiger partial charge in [-0.2, -0.15) is 0 Å². The van der Waals surface area contributed by atoms with E-state index < -0.39 is 0 Å². The van der Waals surface area contributed by atoms with Gasteiger partial charge in [-0.05, 0) is 24.6 Å². The summed E-state index contributed by atoms with van der Waals surface area (Å²) in [5, 5.41) is 5.50. The van der Waals surface area contributed by atoms with E-state index in [2.05, 4.69) is 20.6 Å². The van der Waals surface area contributed by atoms with Crippen molar-refractivity contribution in [2.24, 2.45) is 0 Å². The summed E-state index contributed by atoms with van der Waals surface area (Å²) in [5.41, 5.74) is 2.07. The number of nitrogens with one attached hydrogen (secondary N) is 2. The molecule has 1 heterocycles. The molecule has 0 atom stereocenters. The maximum absolute atomic E-state index is 12.4. The molecule has 2 aromatic carbocycles. The van der Waals surface area contributed by atoms with Crippen molar-refractivity contribution in [1.82, 2.24) is 20.6 Å². The van der Waals surface area contributed by atoms with Crippen LogP contribution in [-0.2, 0) is 11.3 Å². The average molecular weight is 420 g/mol. The Bertz CT molecular complexity index is 1020. The molecule has 0 saturated carbocycles. The van der Waals surface area contributed by atoms with Crippen molar-refractivity contribution in [3.05, 3.63) is 72.1 Å². The minimum atomic E-state index is -0.282. The lowest BCUT2D eigenvalue weighted by Gasteiger charge is -2.12. The fraction of sp³-hybridized carbons (Fsp3) is 0.217. The lowest BCUT2D eigenvalue weighted by Crippen LogP contribution is -2.28. The summed E-state index contributed by atoms with van der Waals surface area (Å²) in [6.07, 6.45) is 3.01. The molecule has 3 aromatic rings. The first-order valence-electron chi connectivity index (χ1n) is 9.82. The summed E-state index contributed by atoms with van der Waals surface area (Å²) in [5.74, 6) is 1.00. The Morgan fingerprint density at radius 1 is 0.968 bits per heavy atom. The third-order valence-corrected chi connectivity index (χ3v) is 4.36. The van der Waals surface area contributed by atoms with Crippen molar-refractivity contribution in [3.63, 3.8) is 0 Å². The molecular formula is C23H24N4O4. The molecule has 0 fully saturated rings. The first kappa shape index (κ1) is 21.8. The number of ether oxygens (including phenoxy) is 2. The number of carbonyl (C=O) groups excluding carboxylic acids is 2.